The van der Waals surface area contributed by atoms with E-state index in [0.717, 1.165) is 5.56 Å². The van der Waals surface area contributed by atoms with E-state index < -0.39 is 0 Å². The summed E-state index contributed by atoms with van der Waals surface area (Å²) in [5.74, 6) is -0.491. The summed E-state index contributed by atoms with van der Waals surface area (Å²) in [6.45, 7) is 0.908. The van der Waals surface area contributed by atoms with Crippen molar-refractivity contribution in [3.05, 3.63) is 53.9 Å². The summed E-state index contributed by atoms with van der Waals surface area (Å²) >= 11 is 0. The minimum absolute atomic E-state index is 0.198. The van der Waals surface area contributed by atoms with Gasteiger partial charge in [0.15, 0.2) is 0 Å². The smallest absolute Gasteiger partial charge is 0.244 e. The van der Waals surface area contributed by atoms with Crippen LogP contribution in [-0.4, -0.2) is 19.0 Å². The van der Waals surface area contributed by atoms with Gasteiger partial charge < -0.3 is 11.1 Å². The third-order valence-corrected chi connectivity index (χ3v) is 1.99. The van der Waals surface area contributed by atoms with Gasteiger partial charge in [-0.2, -0.15) is 0 Å². The van der Waals surface area contributed by atoms with Crippen LogP contribution in [0.4, 0.5) is 4.39 Å². The van der Waals surface area contributed by atoms with Gasteiger partial charge in [0.25, 0.3) is 0 Å². The van der Waals surface area contributed by atoms with Gasteiger partial charge in [0.05, 0.1) is 0 Å². The summed E-state index contributed by atoms with van der Waals surface area (Å²) in [7, 11) is 0. The van der Waals surface area contributed by atoms with Crippen LogP contribution in [0.2, 0.25) is 0 Å². The molecule has 1 aromatic carbocycles. The lowest BCUT2D eigenvalue weighted by atomic mass is 10.2. The Morgan fingerprint density at radius 1 is 1.29 bits per heavy atom. The molecule has 0 unspecified atom stereocenters. The Kier molecular flexibility index (Phi) is 5.68. The van der Waals surface area contributed by atoms with Crippen LogP contribution in [0.5, 0.6) is 0 Å². The maximum Gasteiger partial charge on any atom is 0.244 e. The van der Waals surface area contributed by atoms with Gasteiger partial charge in [-0.3, -0.25) is 4.79 Å². The number of rotatable bonds is 5. The minimum atomic E-state index is -0.293. The second-order valence-electron chi connectivity index (χ2n) is 3.34. The molecule has 17 heavy (non-hydrogen) atoms. The first-order chi connectivity index (χ1) is 8.22. The maximum absolute atomic E-state index is 12.6. The van der Waals surface area contributed by atoms with Crippen LogP contribution in [-0.2, 0) is 4.79 Å². The highest BCUT2D eigenvalue weighted by Crippen LogP contribution is 2.04. The van der Waals surface area contributed by atoms with E-state index in [1.165, 1.54) is 18.2 Å². The summed E-state index contributed by atoms with van der Waals surface area (Å²) in [5.41, 5.74) is 6.03. The van der Waals surface area contributed by atoms with Crippen molar-refractivity contribution in [1.29, 1.82) is 0 Å². The number of halogens is 1. The third-order valence-electron chi connectivity index (χ3n) is 1.99. The molecule has 3 N–H and O–H groups in total. The Labute approximate surface area is 99.8 Å². The van der Waals surface area contributed by atoms with Gasteiger partial charge in [0, 0.05) is 19.2 Å². The quantitative estimate of drug-likeness (QED) is 0.598. The van der Waals surface area contributed by atoms with Crippen molar-refractivity contribution in [3.8, 4) is 0 Å². The molecule has 0 spiro atoms. The van der Waals surface area contributed by atoms with Crippen LogP contribution in [0.3, 0.4) is 0 Å². The van der Waals surface area contributed by atoms with Crippen LogP contribution in [0.25, 0.3) is 6.08 Å². The SMILES string of the molecule is NC/C=C/CNC(=O)/C=C/c1ccc(F)cc1. The lowest BCUT2D eigenvalue weighted by Gasteiger charge is -1.96. The predicted octanol–water partition coefficient (Wildman–Crippen LogP) is 1.47. The molecule has 0 aliphatic rings. The molecule has 0 saturated heterocycles. The topological polar surface area (TPSA) is 55.1 Å². The number of carbonyl (C=O) groups is 1. The predicted molar refractivity (Wildman–Crippen MR) is 66.6 cm³/mol. The van der Waals surface area contributed by atoms with Crippen molar-refractivity contribution in [2.24, 2.45) is 5.73 Å². The molecule has 0 bridgehead atoms. The summed E-state index contributed by atoms with van der Waals surface area (Å²) in [6, 6.07) is 5.91. The average Bonchev–Trinajstić information content (AvgIpc) is 2.34. The molecule has 0 fully saturated rings. The van der Waals surface area contributed by atoms with Gasteiger partial charge in [-0.1, -0.05) is 24.3 Å². The fourth-order valence-corrected chi connectivity index (χ4v) is 1.14. The molecule has 0 heterocycles. The van der Waals surface area contributed by atoms with E-state index in [1.54, 1.807) is 30.4 Å². The number of nitrogens with one attached hydrogen (secondary N) is 1. The van der Waals surface area contributed by atoms with E-state index in [-0.39, 0.29) is 11.7 Å². The first-order valence-electron chi connectivity index (χ1n) is 5.29. The van der Waals surface area contributed by atoms with E-state index in [1.807, 2.05) is 0 Å². The maximum atomic E-state index is 12.6. The highest BCUT2D eigenvalue weighted by Gasteiger charge is 1.93. The fourth-order valence-electron chi connectivity index (χ4n) is 1.14. The molecule has 0 saturated carbocycles. The molecule has 4 heteroatoms. The second kappa shape index (κ2) is 7.35. The van der Waals surface area contributed by atoms with E-state index >= 15 is 0 Å². The van der Waals surface area contributed by atoms with Crippen LogP contribution >= 0.6 is 0 Å². The average molecular weight is 234 g/mol. The van der Waals surface area contributed by atoms with Gasteiger partial charge in [0.2, 0.25) is 5.91 Å². The van der Waals surface area contributed by atoms with E-state index in [0.29, 0.717) is 13.1 Å². The Balaban J connectivity index is 2.40. The van der Waals surface area contributed by atoms with Crippen molar-refractivity contribution in [3.63, 3.8) is 0 Å². The van der Waals surface area contributed by atoms with Crippen LogP contribution < -0.4 is 11.1 Å². The van der Waals surface area contributed by atoms with Crippen LogP contribution in [0.1, 0.15) is 5.56 Å². The molecule has 1 aromatic rings. The summed E-state index contributed by atoms with van der Waals surface area (Å²) in [4.78, 5) is 11.3. The molecule has 0 radical (unpaired) electrons. The molecule has 0 aromatic heterocycles. The van der Waals surface area contributed by atoms with E-state index in [2.05, 4.69) is 5.32 Å². The summed E-state index contributed by atoms with van der Waals surface area (Å²) in [6.07, 6.45) is 6.58. The monoisotopic (exact) mass is 234 g/mol. The molecule has 3 nitrogen and oxygen atoms in total. The molecule has 0 aliphatic carbocycles. The van der Waals surface area contributed by atoms with Crippen molar-refractivity contribution < 1.29 is 9.18 Å². The highest BCUT2D eigenvalue weighted by molar-refractivity contribution is 5.91. The largest absolute Gasteiger partial charge is 0.349 e. The summed E-state index contributed by atoms with van der Waals surface area (Å²) < 4.78 is 12.6. The number of hydrogen-bond acceptors (Lipinski definition) is 2. The molecule has 0 aliphatic heterocycles. The number of carbonyl (C=O) groups excluding carboxylic acids is 1. The number of hydrogen-bond donors (Lipinski definition) is 2. The highest BCUT2D eigenvalue weighted by atomic mass is 19.1. The van der Waals surface area contributed by atoms with Crippen LogP contribution in [0, 0.1) is 5.82 Å². The zero-order valence-electron chi connectivity index (χ0n) is 9.40. The molecule has 1 rings (SSSR count). The van der Waals surface area contributed by atoms with E-state index in [9.17, 15) is 9.18 Å². The number of benzene rings is 1. The second-order valence-corrected chi connectivity index (χ2v) is 3.34. The van der Waals surface area contributed by atoms with Crippen molar-refractivity contribution in [1.82, 2.24) is 5.32 Å². The Morgan fingerprint density at radius 3 is 2.65 bits per heavy atom. The molecular weight excluding hydrogens is 219 g/mol. The normalized spacial score (nSPS) is 11.2. The molecule has 0 atom stereocenters. The minimum Gasteiger partial charge on any atom is -0.349 e. The molecule has 1 amide bonds. The number of nitrogens with two attached hydrogens (primary N) is 1. The van der Waals surface area contributed by atoms with Gasteiger partial charge in [-0.05, 0) is 23.8 Å². The van der Waals surface area contributed by atoms with Gasteiger partial charge in [-0.25, -0.2) is 4.39 Å². The lowest BCUT2D eigenvalue weighted by molar-refractivity contribution is -0.116. The molecule has 90 valence electrons. The van der Waals surface area contributed by atoms with Crippen molar-refractivity contribution in [2.75, 3.05) is 13.1 Å². The van der Waals surface area contributed by atoms with E-state index in [4.69, 9.17) is 5.73 Å². The third kappa shape index (κ3) is 5.63. The Hall–Kier alpha value is -1.94. The number of amides is 1. The zero-order valence-corrected chi connectivity index (χ0v) is 9.40. The van der Waals surface area contributed by atoms with Crippen LogP contribution in [0.15, 0.2) is 42.5 Å². The molecular formula is C13H15FN2O. The zero-order chi connectivity index (χ0) is 12.5. The first kappa shape index (κ1) is 13.1. The Morgan fingerprint density at radius 2 is 2.00 bits per heavy atom. The Bertz CT molecular complexity index is 410. The van der Waals surface area contributed by atoms with Gasteiger partial charge in [-0.15, -0.1) is 0 Å². The lowest BCUT2D eigenvalue weighted by Crippen LogP contribution is -2.20. The fraction of sp³-hybridized carbons (Fsp3) is 0.154. The van der Waals surface area contributed by atoms with Gasteiger partial charge in [0.1, 0.15) is 5.82 Å². The van der Waals surface area contributed by atoms with Gasteiger partial charge >= 0.3 is 0 Å². The first-order valence-corrected chi connectivity index (χ1v) is 5.29. The summed E-state index contributed by atoms with van der Waals surface area (Å²) in [5, 5.41) is 2.66. The van der Waals surface area contributed by atoms with Crippen molar-refractivity contribution in [2.45, 2.75) is 0 Å². The van der Waals surface area contributed by atoms with Crippen molar-refractivity contribution >= 4 is 12.0 Å². The standard InChI is InChI=1S/C13H15FN2O/c14-12-6-3-11(4-7-12)5-8-13(17)16-10-2-1-9-15/h1-8H,9-10,15H2,(H,16,17)/b2-1+,8-5+.